The van der Waals surface area contributed by atoms with Gasteiger partial charge in [0.25, 0.3) is 5.91 Å². The van der Waals surface area contributed by atoms with Gasteiger partial charge in [0, 0.05) is 13.0 Å². The summed E-state index contributed by atoms with van der Waals surface area (Å²) in [6.45, 7) is 2.85. The Kier molecular flexibility index (Phi) is 11.7. The van der Waals surface area contributed by atoms with E-state index in [1.807, 2.05) is 24.3 Å². The van der Waals surface area contributed by atoms with E-state index in [1.165, 1.54) is 5.56 Å². The topological polar surface area (TPSA) is 145 Å². The molecular weight excluding hydrogens is 482 g/mol. The average Bonchev–Trinajstić information content (AvgIpc) is 2.83. The molecule has 0 saturated heterocycles. The van der Waals surface area contributed by atoms with Gasteiger partial charge in [0.1, 0.15) is 5.75 Å². The second-order valence-electron chi connectivity index (χ2n) is 9.38. The molecule has 0 aliphatic heterocycles. The lowest BCUT2D eigenvalue weighted by Gasteiger charge is -2.30. The average molecular weight is 521 g/mol. The van der Waals surface area contributed by atoms with Crippen LogP contribution in [0.15, 0.2) is 24.3 Å². The van der Waals surface area contributed by atoms with Crippen LogP contribution >= 0.6 is 11.6 Å². The first-order valence-corrected chi connectivity index (χ1v) is 12.6. The van der Waals surface area contributed by atoms with Gasteiger partial charge in [-0.25, -0.2) is 9.97 Å². The number of ether oxygens (including phenoxy) is 1. The van der Waals surface area contributed by atoms with Gasteiger partial charge in [0.15, 0.2) is 22.5 Å². The summed E-state index contributed by atoms with van der Waals surface area (Å²) in [4.78, 5) is 32.1. The molecule has 2 aromatic rings. The van der Waals surface area contributed by atoms with Crippen molar-refractivity contribution in [3.8, 4) is 5.75 Å². The van der Waals surface area contributed by atoms with Crippen LogP contribution in [0.3, 0.4) is 0 Å². The van der Waals surface area contributed by atoms with E-state index in [-0.39, 0.29) is 28.4 Å². The standard InChI is InChI=1S/C25H38ClN7O3/c1-33(2,17-15-30-25(35)21-23(27)32-24(28)22(26)31-21)16-6-4-5-14-29-20(34)9-7-8-18-10-12-19(36-3)13-11-18/h10-13H,4-9,14-17H2,1-3H3,(H5-,27,28,29,30,32,34,35)/p+1. The Morgan fingerprint density at radius 2 is 1.67 bits per heavy atom. The zero-order chi connectivity index (χ0) is 26.6. The number of anilines is 2. The molecule has 0 spiro atoms. The highest BCUT2D eigenvalue weighted by atomic mass is 35.5. The number of nitrogens with zero attached hydrogens (tertiary/aromatic N) is 3. The highest BCUT2D eigenvalue weighted by Gasteiger charge is 2.18. The number of nitrogens with one attached hydrogen (secondary N) is 2. The first kappa shape index (κ1) is 29.1. The van der Waals surface area contributed by atoms with Crippen LogP contribution in [0.2, 0.25) is 5.15 Å². The van der Waals surface area contributed by atoms with Gasteiger partial charge in [-0.1, -0.05) is 23.7 Å². The predicted octanol–water partition coefficient (Wildman–Crippen LogP) is 2.42. The molecule has 198 valence electrons. The number of amides is 2. The molecule has 2 amide bonds. The molecule has 10 nitrogen and oxygen atoms in total. The van der Waals surface area contributed by atoms with Crippen molar-refractivity contribution >= 4 is 35.1 Å². The maximum Gasteiger partial charge on any atom is 0.273 e. The number of aryl methyl sites for hydroxylation is 1. The van der Waals surface area contributed by atoms with Gasteiger partial charge in [-0.2, -0.15) is 0 Å². The minimum atomic E-state index is -0.429. The zero-order valence-electron chi connectivity index (χ0n) is 21.5. The Labute approximate surface area is 218 Å². The lowest BCUT2D eigenvalue weighted by atomic mass is 10.1. The second kappa shape index (κ2) is 14.4. The number of methoxy groups -OCH3 is 1. The lowest BCUT2D eigenvalue weighted by molar-refractivity contribution is -0.889. The fourth-order valence-corrected chi connectivity index (χ4v) is 3.81. The molecule has 1 heterocycles. The van der Waals surface area contributed by atoms with Crippen LogP contribution in [0.1, 0.15) is 48.2 Å². The van der Waals surface area contributed by atoms with Crippen molar-refractivity contribution in [1.29, 1.82) is 0 Å². The minimum Gasteiger partial charge on any atom is -0.497 e. The highest BCUT2D eigenvalue weighted by molar-refractivity contribution is 6.31. The summed E-state index contributed by atoms with van der Waals surface area (Å²) in [6.07, 6.45) is 5.22. The number of quaternary nitrogens is 1. The Hall–Kier alpha value is -3.11. The summed E-state index contributed by atoms with van der Waals surface area (Å²) in [5.41, 5.74) is 12.4. The third kappa shape index (κ3) is 10.2. The van der Waals surface area contributed by atoms with Gasteiger partial charge in [-0.05, 0) is 49.8 Å². The Morgan fingerprint density at radius 1 is 0.944 bits per heavy atom. The maximum absolute atomic E-state index is 12.3. The van der Waals surface area contributed by atoms with Gasteiger partial charge in [-0.3, -0.25) is 9.59 Å². The van der Waals surface area contributed by atoms with E-state index < -0.39 is 5.91 Å². The fourth-order valence-electron chi connectivity index (χ4n) is 3.68. The van der Waals surface area contributed by atoms with Crippen LogP contribution in [0.5, 0.6) is 5.75 Å². The monoisotopic (exact) mass is 520 g/mol. The van der Waals surface area contributed by atoms with E-state index in [1.54, 1.807) is 7.11 Å². The van der Waals surface area contributed by atoms with Crippen LogP contribution in [0.25, 0.3) is 0 Å². The van der Waals surface area contributed by atoms with Crippen molar-refractivity contribution in [2.24, 2.45) is 0 Å². The quantitative estimate of drug-likeness (QED) is 0.208. The second-order valence-corrected chi connectivity index (χ2v) is 9.74. The number of carbonyl (C=O) groups excluding carboxylic acids is 2. The first-order chi connectivity index (χ1) is 17.1. The van der Waals surface area contributed by atoms with E-state index >= 15 is 0 Å². The first-order valence-electron chi connectivity index (χ1n) is 12.2. The van der Waals surface area contributed by atoms with Gasteiger partial charge < -0.3 is 31.3 Å². The number of likely N-dealkylation sites (N-methyl/N-ethyl adjacent to an activating group) is 1. The summed E-state index contributed by atoms with van der Waals surface area (Å²) < 4.78 is 5.91. The van der Waals surface area contributed by atoms with E-state index in [2.05, 4.69) is 34.7 Å². The number of aromatic nitrogens is 2. The van der Waals surface area contributed by atoms with Crippen LogP contribution in [-0.4, -0.2) is 73.6 Å². The van der Waals surface area contributed by atoms with E-state index in [9.17, 15) is 9.59 Å². The number of hydrogen-bond acceptors (Lipinski definition) is 7. The van der Waals surface area contributed by atoms with Crippen LogP contribution in [-0.2, 0) is 11.2 Å². The van der Waals surface area contributed by atoms with Crippen molar-refractivity contribution in [1.82, 2.24) is 20.6 Å². The molecule has 0 fully saturated rings. The number of benzene rings is 1. The summed E-state index contributed by atoms with van der Waals surface area (Å²) in [7, 11) is 5.88. The molecule has 0 unspecified atom stereocenters. The van der Waals surface area contributed by atoms with Gasteiger partial charge in [-0.15, -0.1) is 0 Å². The third-order valence-electron chi connectivity index (χ3n) is 5.91. The van der Waals surface area contributed by atoms with Crippen molar-refractivity contribution in [3.63, 3.8) is 0 Å². The molecule has 1 aromatic carbocycles. The maximum atomic E-state index is 12.3. The smallest absolute Gasteiger partial charge is 0.273 e. The normalized spacial score (nSPS) is 11.2. The van der Waals surface area contributed by atoms with Crippen molar-refractivity contribution in [2.45, 2.75) is 38.5 Å². The predicted molar refractivity (Wildman–Crippen MR) is 143 cm³/mol. The minimum absolute atomic E-state index is 0.00666. The van der Waals surface area contributed by atoms with Gasteiger partial charge in [0.05, 0.1) is 40.8 Å². The van der Waals surface area contributed by atoms with Crippen LogP contribution in [0, 0.1) is 0 Å². The Balaban J connectivity index is 1.54. The molecule has 0 radical (unpaired) electrons. The lowest BCUT2D eigenvalue weighted by Crippen LogP contribution is -2.46. The molecule has 1 aromatic heterocycles. The number of rotatable bonds is 15. The summed E-state index contributed by atoms with van der Waals surface area (Å²) in [5, 5.41) is 5.77. The van der Waals surface area contributed by atoms with E-state index in [0.29, 0.717) is 19.5 Å². The SMILES string of the molecule is COc1ccc(CCCC(=O)NCCCCC[N+](C)(C)CCNC(=O)c2nc(Cl)c(N)nc2N)cc1. The number of hydrogen-bond donors (Lipinski definition) is 4. The zero-order valence-corrected chi connectivity index (χ0v) is 22.2. The molecule has 0 aliphatic rings. The molecule has 36 heavy (non-hydrogen) atoms. The number of nitrogen functional groups attached to an aromatic ring is 2. The molecular formula is C25H39ClN7O3+. The van der Waals surface area contributed by atoms with Gasteiger partial charge >= 0.3 is 0 Å². The van der Waals surface area contributed by atoms with E-state index in [0.717, 1.165) is 55.4 Å². The van der Waals surface area contributed by atoms with Crippen LogP contribution in [0.4, 0.5) is 11.6 Å². The molecule has 0 atom stereocenters. The van der Waals surface area contributed by atoms with Crippen molar-refractivity contribution in [2.75, 3.05) is 58.9 Å². The molecule has 2 rings (SSSR count). The molecule has 0 bridgehead atoms. The number of carbonyl (C=O) groups is 2. The number of nitrogens with two attached hydrogens (primary N) is 2. The Morgan fingerprint density at radius 3 is 2.36 bits per heavy atom. The van der Waals surface area contributed by atoms with Crippen molar-refractivity contribution < 1.29 is 18.8 Å². The number of unbranched alkanes of at least 4 members (excludes halogenated alkanes) is 2. The molecule has 6 N–H and O–H groups in total. The van der Waals surface area contributed by atoms with Gasteiger partial charge in [0.2, 0.25) is 5.91 Å². The van der Waals surface area contributed by atoms with Crippen molar-refractivity contribution in [3.05, 3.63) is 40.7 Å². The Bertz CT molecular complexity index is 1000. The molecule has 11 heteroatoms. The summed E-state index contributed by atoms with van der Waals surface area (Å²) in [5.74, 6) is 0.455. The largest absolute Gasteiger partial charge is 0.497 e. The fraction of sp³-hybridized carbons (Fsp3) is 0.520. The van der Waals surface area contributed by atoms with Crippen LogP contribution < -0.4 is 26.8 Å². The summed E-state index contributed by atoms with van der Waals surface area (Å²) in [6, 6.07) is 7.94. The summed E-state index contributed by atoms with van der Waals surface area (Å²) >= 11 is 5.84. The van der Waals surface area contributed by atoms with E-state index in [4.69, 9.17) is 27.8 Å². The third-order valence-corrected chi connectivity index (χ3v) is 6.19. The molecule has 0 saturated carbocycles. The number of halogens is 1. The molecule has 0 aliphatic carbocycles. The highest BCUT2D eigenvalue weighted by Crippen LogP contribution is 2.17.